The van der Waals surface area contributed by atoms with E-state index in [2.05, 4.69) is 15.9 Å². The fraction of sp³-hybridized carbons (Fsp3) is 0.0769. The van der Waals surface area contributed by atoms with E-state index in [1.165, 1.54) is 0 Å². The number of aromatic nitrogens is 1. The SMILES string of the molecule is O=C(C[n+]1ccccc1Br)c1ccc(Cl)cc1.[Br-]. The predicted octanol–water partition coefficient (Wildman–Crippen LogP) is 0.277. The van der Waals surface area contributed by atoms with Crippen molar-refractivity contribution in [2.75, 3.05) is 0 Å². The van der Waals surface area contributed by atoms with Gasteiger partial charge in [0.15, 0.2) is 6.20 Å². The lowest BCUT2D eigenvalue weighted by Crippen LogP contribution is -3.00. The van der Waals surface area contributed by atoms with E-state index in [1.807, 2.05) is 29.0 Å². The van der Waals surface area contributed by atoms with Gasteiger partial charge in [-0.1, -0.05) is 11.6 Å². The minimum absolute atomic E-state index is 0. The Bertz CT molecular complexity index is 543. The lowest BCUT2D eigenvalue weighted by molar-refractivity contribution is -0.694. The molecule has 1 aromatic heterocycles. The molecule has 0 unspecified atom stereocenters. The molecule has 2 rings (SSSR count). The molecule has 0 saturated carbocycles. The highest BCUT2D eigenvalue weighted by Crippen LogP contribution is 2.10. The van der Waals surface area contributed by atoms with Crippen LogP contribution in [0.3, 0.4) is 0 Å². The number of rotatable bonds is 3. The molecule has 1 heterocycles. The second kappa shape index (κ2) is 7.02. The van der Waals surface area contributed by atoms with Crippen LogP contribution in [0.1, 0.15) is 10.4 Å². The van der Waals surface area contributed by atoms with Crippen LogP contribution in [0, 0.1) is 0 Å². The molecule has 0 aliphatic heterocycles. The Kier molecular flexibility index (Phi) is 5.99. The van der Waals surface area contributed by atoms with Crippen LogP contribution < -0.4 is 21.5 Å². The van der Waals surface area contributed by atoms with Crippen molar-refractivity contribution < 1.29 is 26.3 Å². The third kappa shape index (κ3) is 3.90. The maximum Gasteiger partial charge on any atom is 0.248 e. The Morgan fingerprint density at radius 3 is 2.44 bits per heavy atom. The number of benzene rings is 1. The van der Waals surface area contributed by atoms with E-state index < -0.39 is 0 Å². The number of carbonyl (C=O) groups excluding carboxylic acids is 1. The van der Waals surface area contributed by atoms with E-state index in [1.54, 1.807) is 24.3 Å². The summed E-state index contributed by atoms with van der Waals surface area (Å²) in [5.74, 6) is 0.0542. The lowest BCUT2D eigenvalue weighted by Gasteiger charge is -1.99. The zero-order valence-electron chi connectivity index (χ0n) is 9.32. The van der Waals surface area contributed by atoms with E-state index >= 15 is 0 Å². The van der Waals surface area contributed by atoms with Crippen molar-refractivity contribution >= 4 is 33.3 Å². The minimum Gasteiger partial charge on any atom is -1.00 e. The first-order valence-corrected chi connectivity index (χ1v) is 6.26. The van der Waals surface area contributed by atoms with E-state index in [-0.39, 0.29) is 22.8 Å². The monoisotopic (exact) mass is 389 g/mol. The van der Waals surface area contributed by atoms with Crippen molar-refractivity contribution in [1.29, 1.82) is 0 Å². The Balaban J connectivity index is 0.00000162. The van der Waals surface area contributed by atoms with Gasteiger partial charge in [0.2, 0.25) is 16.9 Å². The first kappa shape index (κ1) is 15.3. The summed E-state index contributed by atoms with van der Waals surface area (Å²) in [4.78, 5) is 12.0. The second-order valence-corrected chi connectivity index (χ2v) is 4.83. The van der Waals surface area contributed by atoms with Crippen LogP contribution in [0.2, 0.25) is 5.02 Å². The summed E-state index contributed by atoms with van der Waals surface area (Å²) in [6.45, 7) is 0.309. The lowest BCUT2D eigenvalue weighted by atomic mass is 10.1. The third-order valence-corrected chi connectivity index (χ3v) is 3.34. The first-order chi connectivity index (χ1) is 8.16. The quantitative estimate of drug-likeness (QED) is 0.418. The molecule has 2 nitrogen and oxygen atoms in total. The van der Waals surface area contributed by atoms with Crippen molar-refractivity contribution in [1.82, 2.24) is 0 Å². The Morgan fingerprint density at radius 1 is 1.17 bits per heavy atom. The van der Waals surface area contributed by atoms with Crippen LogP contribution in [0.5, 0.6) is 0 Å². The number of ketones is 1. The summed E-state index contributed by atoms with van der Waals surface area (Å²) >= 11 is 9.18. The Morgan fingerprint density at radius 2 is 1.83 bits per heavy atom. The van der Waals surface area contributed by atoms with Gasteiger partial charge in [-0.05, 0) is 30.3 Å². The van der Waals surface area contributed by atoms with Crippen molar-refractivity contribution in [3.05, 3.63) is 63.9 Å². The summed E-state index contributed by atoms with van der Waals surface area (Å²) < 4.78 is 2.72. The van der Waals surface area contributed by atoms with Crippen molar-refractivity contribution in [3.8, 4) is 0 Å². The van der Waals surface area contributed by atoms with Crippen molar-refractivity contribution in [2.24, 2.45) is 0 Å². The van der Waals surface area contributed by atoms with E-state index in [9.17, 15) is 4.79 Å². The van der Waals surface area contributed by atoms with Crippen LogP contribution >= 0.6 is 27.5 Å². The molecule has 94 valence electrons. The summed E-state index contributed by atoms with van der Waals surface area (Å²) in [5, 5.41) is 0.634. The molecule has 0 saturated heterocycles. The molecular formula is C13H10Br2ClNO. The first-order valence-electron chi connectivity index (χ1n) is 5.09. The molecule has 0 N–H and O–H groups in total. The number of hydrogen-bond acceptors (Lipinski definition) is 1. The maximum atomic E-state index is 12.0. The smallest absolute Gasteiger partial charge is 0.248 e. The van der Waals surface area contributed by atoms with Crippen LogP contribution in [0.25, 0.3) is 0 Å². The highest BCUT2D eigenvalue weighted by Gasteiger charge is 2.14. The van der Waals surface area contributed by atoms with Crippen LogP contribution in [0.15, 0.2) is 53.3 Å². The zero-order valence-corrected chi connectivity index (χ0v) is 13.2. The van der Waals surface area contributed by atoms with Gasteiger partial charge in [-0.15, -0.1) is 0 Å². The van der Waals surface area contributed by atoms with Gasteiger partial charge in [0, 0.05) is 38.6 Å². The fourth-order valence-corrected chi connectivity index (χ4v) is 1.99. The summed E-state index contributed by atoms with van der Waals surface area (Å²) in [5.41, 5.74) is 0.664. The van der Waals surface area contributed by atoms with Gasteiger partial charge in [0.1, 0.15) is 0 Å². The standard InChI is InChI=1S/C13H10BrClNO.BrH/c14-13-3-1-2-8-16(13)9-12(17)10-4-6-11(15)7-5-10;/h1-8H,9H2;1H/q+1;/p-1. The number of Topliss-reactive ketones (excluding diaryl/α,β-unsaturated/α-hetero) is 1. The molecule has 1 aromatic carbocycles. The van der Waals surface area contributed by atoms with Gasteiger partial charge in [0.25, 0.3) is 0 Å². The normalized spacial score (nSPS) is 9.67. The largest absolute Gasteiger partial charge is 1.00 e. The van der Waals surface area contributed by atoms with Gasteiger partial charge in [-0.3, -0.25) is 4.79 Å². The predicted molar refractivity (Wildman–Crippen MR) is 70.1 cm³/mol. The number of carbonyl (C=O) groups is 1. The Hall–Kier alpha value is -0.710. The topological polar surface area (TPSA) is 20.9 Å². The number of hydrogen-bond donors (Lipinski definition) is 0. The average Bonchev–Trinajstić information content (AvgIpc) is 2.33. The second-order valence-electron chi connectivity index (χ2n) is 3.58. The molecule has 0 amide bonds. The number of halogens is 3. The molecule has 0 spiro atoms. The highest BCUT2D eigenvalue weighted by atomic mass is 79.9. The van der Waals surface area contributed by atoms with Crippen LogP contribution in [0.4, 0.5) is 0 Å². The maximum absolute atomic E-state index is 12.0. The molecule has 18 heavy (non-hydrogen) atoms. The fourth-order valence-electron chi connectivity index (χ4n) is 1.47. The number of nitrogens with zero attached hydrogens (tertiary/aromatic N) is 1. The van der Waals surface area contributed by atoms with Gasteiger partial charge >= 0.3 is 0 Å². The van der Waals surface area contributed by atoms with Gasteiger partial charge in [-0.25, -0.2) is 0 Å². The molecule has 0 fully saturated rings. The van der Waals surface area contributed by atoms with Gasteiger partial charge in [-0.2, -0.15) is 4.57 Å². The molecular weight excluding hydrogens is 381 g/mol. The van der Waals surface area contributed by atoms with Crippen LogP contribution in [-0.4, -0.2) is 5.78 Å². The average molecular weight is 391 g/mol. The molecule has 0 bridgehead atoms. The third-order valence-electron chi connectivity index (χ3n) is 2.37. The van der Waals surface area contributed by atoms with E-state index in [0.29, 0.717) is 17.1 Å². The van der Waals surface area contributed by atoms with Crippen molar-refractivity contribution in [3.63, 3.8) is 0 Å². The van der Waals surface area contributed by atoms with Gasteiger partial charge < -0.3 is 17.0 Å². The zero-order chi connectivity index (χ0) is 12.3. The summed E-state index contributed by atoms with van der Waals surface area (Å²) in [6.07, 6.45) is 1.86. The molecule has 0 aliphatic carbocycles. The van der Waals surface area contributed by atoms with Crippen LogP contribution in [-0.2, 0) is 6.54 Å². The number of pyridine rings is 1. The summed E-state index contributed by atoms with van der Waals surface area (Å²) in [6, 6.07) is 12.6. The van der Waals surface area contributed by atoms with Gasteiger partial charge in [0.05, 0.1) is 0 Å². The molecule has 2 aromatic rings. The minimum atomic E-state index is 0. The van der Waals surface area contributed by atoms with E-state index in [0.717, 1.165) is 4.60 Å². The molecule has 0 radical (unpaired) electrons. The highest BCUT2D eigenvalue weighted by molar-refractivity contribution is 9.10. The van der Waals surface area contributed by atoms with E-state index in [4.69, 9.17) is 11.6 Å². The summed E-state index contributed by atoms with van der Waals surface area (Å²) in [7, 11) is 0. The Labute approximate surface area is 129 Å². The van der Waals surface area contributed by atoms with Crippen molar-refractivity contribution in [2.45, 2.75) is 6.54 Å². The molecule has 5 heteroatoms. The molecule has 0 aliphatic rings. The molecule has 0 atom stereocenters.